The molecule has 186 valence electrons. The summed E-state index contributed by atoms with van der Waals surface area (Å²) in [5, 5.41) is 0. The largest absolute Gasteiger partial charge is 0.446 e. The van der Waals surface area contributed by atoms with Gasteiger partial charge in [0.2, 0.25) is 0 Å². The van der Waals surface area contributed by atoms with E-state index < -0.39 is 0 Å². The van der Waals surface area contributed by atoms with Gasteiger partial charge in [-0.25, -0.2) is 9.78 Å². The second-order valence-corrected chi connectivity index (χ2v) is 11.2. The third kappa shape index (κ3) is 4.78. The van der Waals surface area contributed by atoms with Crippen molar-refractivity contribution in [1.29, 1.82) is 0 Å². The molecule has 2 fully saturated rings. The summed E-state index contributed by atoms with van der Waals surface area (Å²) in [6.07, 6.45) is 5.01. The number of aromatic nitrogens is 2. The number of aryl methyl sites for hydroxylation is 1. The van der Waals surface area contributed by atoms with Crippen molar-refractivity contribution < 1.29 is 14.3 Å². The first-order chi connectivity index (χ1) is 16.7. The van der Waals surface area contributed by atoms with E-state index in [4.69, 9.17) is 9.72 Å². The molecular weight excluding hydrogens is 442 g/mol. The van der Waals surface area contributed by atoms with Gasteiger partial charge >= 0.3 is 6.09 Å². The third-order valence-electron chi connectivity index (χ3n) is 8.10. The molecule has 1 aliphatic heterocycles. The fraction of sp³-hybridized carbons (Fsp3) is 0.571. The van der Waals surface area contributed by atoms with Gasteiger partial charge in [-0.15, -0.1) is 0 Å². The van der Waals surface area contributed by atoms with E-state index in [1.807, 2.05) is 37.3 Å². The van der Waals surface area contributed by atoms with Gasteiger partial charge in [-0.1, -0.05) is 44.2 Å². The van der Waals surface area contributed by atoms with E-state index in [1.165, 1.54) is 0 Å². The lowest BCUT2D eigenvalue weighted by Gasteiger charge is -2.37. The average molecular weight is 478 g/mol. The van der Waals surface area contributed by atoms with Crippen LogP contribution in [0.4, 0.5) is 4.79 Å². The number of Topliss-reactive ketones (excluding diaryl/α,β-unsaturated/α-hetero) is 1. The number of ketones is 1. The van der Waals surface area contributed by atoms with E-state index >= 15 is 0 Å². The molecule has 1 aromatic carbocycles. The summed E-state index contributed by atoms with van der Waals surface area (Å²) in [4.78, 5) is 44.9. The first-order valence-corrected chi connectivity index (χ1v) is 12.8. The zero-order chi connectivity index (χ0) is 24.7. The molecule has 3 aliphatic rings. The Labute approximate surface area is 206 Å². The van der Waals surface area contributed by atoms with Gasteiger partial charge in [0.25, 0.3) is 5.56 Å². The maximum absolute atomic E-state index is 13.7. The normalized spacial score (nSPS) is 21.2. The lowest BCUT2D eigenvalue weighted by atomic mass is 9.76. The number of benzene rings is 1. The molecule has 1 atom stereocenters. The molecule has 2 heterocycles. The number of fused-ring (bicyclic) bond motifs is 1. The highest BCUT2D eigenvalue weighted by Crippen LogP contribution is 2.39. The average Bonchev–Trinajstić information content (AvgIpc) is 2.81. The van der Waals surface area contributed by atoms with Crippen molar-refractivity contribution >= 4 is 11.9 Å². The SMILES string of the molecule is Cc1nc2c(c(=O)n1C(c1ccccc1)C1CC(=O)C1)CCN(C(=O)OC1CCC(C)(C)CC1)C2. The molecule has 0 N–H and O–H groups in total. The zero-order valence-corrected chi connectivity index (χ0v) is 21.0. The Morgan fingerprint density at radius 3 is 2.46 bits per heavy atom. The van der Waals surface area contributed by atoms with E-state index in [2.05, 4.69) is 13.8 Å². The first kappa shape index (κ1) is 23.8. The summed E-state index contributed by atoms with van der Waals surface area (Å²) >= 11 is 0. The number of hydrogen-bond acceptors (Lipinski definition) is 5. The lowest BCUT2D eigenvalue weighted by Crippen LogP contribution is -2.45. The van der Waals surface area contributed by atoms with E-state index in [-0.39, 0.29) is 35.5 Å². The summed E-state index contributed by atoms with van der Waals surface area (Å²) in [6, 6.07) is 9.70. The zero-order valence-electron chi connectivity index (χ0n) is 21.0. The van der Waals surface area contributed by atoms with Crippen LogP contribution in [-0.4, -0.2) is 39.0 Å². The van der Waals surface area contributed by atoms with Crippen LogP contribution in [0, 0.1) is 18.3 Å². The fourth-order valence-electron chi connectivity index (χ4n) is 5.84. The van der Waals surface area contributed by atoms with Crippen molar-refractivity contribution in [1.82, 2.24) is 14.5 Å². The van der Waals surface area contributed by atoms with Crippen LogP contribution in [0.5, 0.6) is 0 Å². The molecule has 2 aromatic rings. The number of nitrogens with zero attached hydrogens (tertiary/aromatic N) is 3. The van der Waals surface area contributed by atoms with E-state index in [0.29, 0.717) is 54.8 Å². The standard InChI is InChI=1S/C28H35N3O4/c1-18-29-24-17-30(27(34)35-22-9-12-28(2,3)13-10-22)14-11-23(24)26(33)31(18)25(20-15-21(32)16-20)19-7-5-4-6-8-19/h4-8,20,22,25H,9-17H2,1-3H3. The quantitative estimate of drug-likeness (QED) is 0.644. The number of ether oxygens (including phenoxy) is 1. The van der Waals surface area contributed by atoms with Crippen molar-refractivity contribution in [2.75, 3.05) is 6.54 Å². The van der Waals surface area contributed by atoms with Crippen LogP contribution >= 0.6 is 0 Å². The van der Waals surface area contributed by atoms with Gasteiger partial charge in [0.15, 0.2) is 0 Å². The van der Waals surface area contributed by atoms with Crippen molar-refractivity contribution in [3.8, 4) is 0 Å². The minimum atomic E-state index is -0.306. The molecule has 5 rings (SSSR count). The predicted octanol–water partition coefficient (Wildman–Crippen LogP) is 4.58. The Bertz CT molecular complexity index is 1170. The van der Waals surface area contributed by atoms with Crippen LogP contribution < -0.4 is 5.56 Å². The summed E-state index contributed by atoms with van der Waals surface area (Å²) in [7, 11) is 0. The van der Waals surface area contributed by atoms with Crippen LogP contribution in [-0.2, 0) is 22.5 Å². The first-order valence-electron chi connectivity index (χ1n) is 12.8. The Hall–Kier alpha value is -2.96. The second-order valence-electron chi connectivity index (χ2n) is 11.2. The third-order valence-corrected chi connectivity index (χ3v) is 8.10. The lowest BCUT2D eigenvalue weighted by molar-refractivity contribution is -0.127. The van der Waals surface area contributed by atoms with Crippen LogP contribution in [0.1, 0.15) is 81.1 Å². The molecule has 7 nitrogen and oxygen atoms in total. The molecule has 0 spiro atoms. The molecular formula is C28H35N3O4. The van der Waals surface area contributed by atoms with Crippen LogP contribution in [0.15, 0.2) is 35.1 Å². The Morgan fingerprint density at radius 2 is 1.80 bits per heavy atom. The van der Waals surface area contributed by atoms with Gasteiger partial charge in [-0.2, -0.15) is 0 Å². The predicted molar refractivity (Wildman–Crippen MR) is 132 cm³/mol. The van der Waals surface area contributed by atoms with Crippen molar-refractivity contribution in [3.63, 3.8) is 0 Å². The van der Waals surface area contributed by atoms with E-state index in [1.54, 1.807) is 9.47 Å². The molecule has 1 amide bonds. The molecule has 0 radical (unpaired) electrons. The Balaban J connectivity index is 1.37. The molecule has 2 aliphatic carbocycles. The van der Waals surface area contributed by atoms with Crippen molar-refractivity contribution in [3.05, 3.63) is 63.3 Å². The summed E-state index contributed by atoms with van der Waals surface area (Å²) in [5.41, 5.74) is 2.62. The molecule has 1 unspecified atom stereocenters. The highest BCUT2D eigenvalue weighted by atomic mass is 16.6. The Kier molecular flexibility index (Phi) is 6.28. The number of hydrogen-bond donors (Lipinski definition) is 0. The van der Waals surface area contributed by atoms with Gasteiger partial charge in [0.05, 0.1) is 18.3 Å². The number of carbonyl (C=O) groups excluding carboxylic acids is 2. The van der Waals surface area contributed by atoms with Crippen LogP contribution in [0.2, 0.25) is 0 Å². The van der Waals surface area contributed by atoms with E-state index in [0.717, 1.165) is 31.2 Å². The summed E-state index contributed by atoms with van der Waals surface area (Å²) < 4.78 is 7.61. The Morgan fingerprint density at radius 1 is 1.11 bits per heavy atom. The molecule has 1 aromatic heterocycles. The van der Waals surface area contributed by atoms with Crippen molar-refractivity contribution in [2.24, 2.45) is 11.3 Å². The van der Waals surface area contributed by atoms with E-state index in [9.17, 15) is 14.4 Å². The second kappa shape index (κ2) is 9.25. The number of amides is 1. The highest BCUT2D eigenvalue weighted by Gasteiger charge is 2.38. The summed E-state index contributed by atoms with van der Waals surface area (Å²) in [5.74, 6) is 0.951. The van der Waals surface area contributed by atoms with Crippen LogP contribution in [0.25, 0.3) is 0 Å². The van der Waals surface area contributed by atoms with Gasteiger partial charge in [-0.05, 0) is 55.9 Å². The van der Waals surface area contributed by atoms with Gasteiger partial charge in [-0.3, -0.25) is 14.2 Å². The molecule has 0 saturated heterocycles. The van der Waals surface area contributed by atoms with Crippen LogP contribution in [0.3, 0.4) is 0 Å². The van der Waals surface area contributed by atoms with Gasteiger partial charge < -0.3 is 9.64 Å². The monoisotopic (exact) mass is 477 g/mol. The highest BCUT2D eigenvalue weighted by molar-refractivity contribution is 5.84. The fourth-order valence-corrected chi connectivity index (χ4v) is 5.84. The molecule has 0 bridgehead atoms. The molecule has 2 saturated carbocycles. The topological polar surface area (TPSA) is 81.5 Å². The smallest absolute Gasteiger partial charge is 0.410 e. The van der Waals surface area contributed by atoms with Gasteiger partial charge in [0.1, 0.15) is 17.7 Å². The molecule has 35 heavy (non-hydrogen) atoms. The van der Waals surface area contributed by atoms with Gasteiger partial charge in [0, 0.05) is 24.9 Å². The number of rotatable bonds is 4. The van der Waals surface area contributed by atoms with Crippen molar-refractivity contribution in [2.45, 2.75) is 84.4 Å². The minimum absolute atomic E-state index is 0.0311. The summed E-state index contributed by atoms with van der Waals surface area (Å²) in [6.45, 7) is 7.11. The number of carbonyl (C=O) groups is 2. The maximum atomic E-state index is 13.7. The maximum Gasteiger partial charge on any atom is 0.410 e. The molecule has 7 heteroatoms. The minimum Gasteiger partial charge on any atom is -0.446 e.